The minimum Gasteiger partial charge on any atom is -0.313 e. The fourth-order valence-electron chi connectivity index (χ4n) is 2.62. The summed E-state index contributed by atoms with van der Waals surface area (Å²) in [6, 6.07) is 0. The first-order chi connectivity index (χ1) is 9.96. The van der Waals surface area contributed by atoms with Crippen molar-refractivity contribution in [1.82, 2.24) is 19.8 Å². The Kier molecular flexibility index (Phi) is 5.40. The Bertz CT molecular complexity index is 555. The molecule has 2 rings (SSSR count). The van der Waals surface area contributed by atoms with Crippen LogP contribution in [-0.2, 0) is 16.6 Å². The van der Waals surface area contributed by atoms with Crippen LogP contribution >= 0.6 is 0 Å². The summed E-state index contributed by atoms with van der Waals surface area (Å²) >= 11 is 0. The van der Waals surface area contributed by atoms with Crippen molar-refractivity contribution in [1.29, 1.82) is 0 Å². The molecule has 1 saturated heterocycles. The van der Waals surface area contributed by atoms with Gasteiger partial charge in [-0.25, -0.2) is 8.42 Å². The van der Waals surface area contributed by atoms with E-state index in [4.69, 9.17) is 0 Å². The normalized spacial score (nSPS) is 24.3. The van der Waals surface area contributed by atoms with Gasteiger partial charge >= 0.3 is 0 Å². The maximum atomic E-state index is 12.8. The SMILES string of the molecule is CCCNCc1cn[nH]c1S(=O)(=O)N1CCC(C)C(C)C1. The molecule has 2 N–H and O–H groups in total. The number of hydrogen-bond acceptors (Lipinski definition) is 4. The standard InChI is InChI=1S/C14H26N4O2S/c1-4-6-15-8-13-9-16-17-14(13)21(19,20)18-7-5-11(2)12(3)10-18/h9,11-12,15H,4-8,10H2,1-3H3,(H,16,17). The van der Waals surface area contributed by atoms with E-state index in [0.717, 1.165) is 24.9 Å². The van der Waals surface area contributed by atoms with Crippen LogP contribution in [0.3, 0.4) is 0 Å². The van der Waals surface area contributed by atoms with Crippen LogP contribution in [-0.4, -0.2) is 42.6 Å². The first kappa shape index (κ1) is 16.5. The molecule has 2 unspecified atom stereocenters. The van der Waals surface area contributed by atoms with Gasteiger partial charge in [-0.1, -0.05) is 20.8 Å². The zero-order chi connectivity index (χ0) is 15.5. The van der Waals surface area contributed by atoms with Crippen molar-refractivity contribution in [2.24, 2.45) is 11.8 Å². The van der Waals surface area contributed by atoms with E-state index in [-0.39, 0.29) is 5.03 Å². The highest BCUT2D eigenvalue weighted by Gasteiger charge is 2.33. The fraction of sp³-hybridized carbons (Fsp3) is 0.786. The van der Waals surface area contributed by atoms with Crippen molar-refractivity contribution in [3.05, 3.63) is 11.8 Å². The molecule has 1 aromatic heterocycles. The van der Waals surface area contributed by atoms with Gasteiger partial charge in [-0.05, 0) is 31.2 Å². The number of aromatic amines is 1. The minimum atomic E-state index is -3.47. The van der Waals surface area contributed by atoms with Crippen LogP contribution in [0, 0.1) is 11.8 Å². The number of hydrogen-bond donors (Lipinski definition) is 2. The number of piperidine rings is 1. The van der Waals surface area contributed by atoms with Crippen LogP contribution in [0.25, 0.3) is 0 Å². The largest absolute Gasteiger partial charge is 0.313 e. The van der Waals surface area contributed by atoms with Crippen molar-refractivity contribution in [3.63, 3.8) is 0 Å². The predicted molar refractivity (Wildman–Crippen MR) is 82.3 cm³/mol. The number of nitrogens with zero attached hydrogens (tertiary/aromatic N) is 2. The van der Waals surface area contributed by atoms with Gasteiger partial charge in [-0.3, -0.25) is 5.10 Å². The van der Waals surface area contributed by atoms with E-state index in [0.29, 0.717) is 31.5 Å². The molecule has 2 heterocycles. The molecular weight excluding hydrogens is 288 g/mol. The number of H-pyrrole nitrogens is 1. The van der Waals surface area contributed by atoms with Crippen molar-refractivity contribution in [3.8, 4) is 0 Å². The molecule has 1 fully saturated rings. The molecule has 0 saturated carbocycles. The molecule has 120 valence electrons. The highest BCUT2D eigenvalue weighted by atomic mass is 32.2. The van der Waals surface area contributed by atoms with E-state index in [9.17, 15) is 8.42 Å². The Balaban J connectivity index is 2.14. The summed E-state index contributed by atoms with van der Waals surface area (Å²) in [5.41, 5.74) is 0.717. The average molecular weight is 314 g/mol. The monoisotopic (exact) mass is 314 g/mol. The molecule has 0 aromatic carbocycles. The molecule has 1 aromatic rings. The van der Waals surface area contributed by atoms with Gasteiger partial charge in [0.2, 0.25) is 0 Å². The minimum absolute atomic E-state index is 0.243. The molecule has 0 bridgehead atoms. The summed E-state index contributed by atoms with van der Waals surface area (Å²) in [5, 5.41) is 10.1. The summed E-state index contributed by atoms with van der Waals surface area (Å²) in [4.78, 5) is 0. The van der Waals surface area contributed by atoms with Gasteiger partial charge in [0.25, 0.3) is 10.0 Å². The zero-order valence-electron chi connectivity index (χ0n) is 13.1. The van der Waals surface area contributed by atoms with Crippen molar-refractivity contribution in [2.45, 2.75) is 45.2 Å². The summed E-state index contributed by atoms with van der Waals surface area (Å²) in [7, 11) is -3.47. The molecular formula is C14H26N4O2S. The summed E-state index contributed by atoms with van der Waals surface area (Å²) in [6.07, 6.45) is 3.53. The van der Waals surface area contributed by atoms with Crippen LogP contribution < -0.4 is 5.32 Å². The van der Waals surface area contributed by atoms with Crippen LogP contribution in [0.5, 0.6) is 0 Å². The fourth-order valence-corrected chi connectivity index (χ4v) is 4.28. The molecule has 2 atom stereocenters. The topological polar surface area (TPSA) is 78.1 Å². The molecule has 6 nitrogen and oxygen atoms in total. The van der Waals surface area contributed by atoms with Gasteiger partial charge < -0.3 is 5.32 Å². The summed E-state index contributed by atoms with van der Waals surface area (Å²) in [5.74, 6) is 0.960. The summed E-state index contributed by atoms with van der Waals surface area (Å²) < 4.78 is 27.2. The van der Waals surface area contributed by atoms with E-state index >= 15 is 0 Å². The third-order valence-electron chi connectivity index (χ3n) is 4.32. The third-order valence-corrected chi connectivity index (χ3v) is 6.20. The second kappa shape index (κ2) is 6.89. The quantitative estimate of drug-likeness (QED) is 0.781. The molecule has 1 aliphatic rings. The molecule has 21 heavy (non-hydrogen) atoms. The number of sulfonamides is 1. The summed E-state index contributed by atoms with van der Waals surface area (Å²) in [6.45, 7) is 8.95. The van der Waals surface area contributed by atoms with Crippen LogP contribution in [0.1, 0.15) is 39.2 Å². The lowest BCUT2D eigenvalue weighted by atomic mass is 9.90. The molecule has 7 heteroatoms. The van der Waals surface area contributed by atoms with Crippen LogP contribution in [0.4, 0.5) is 0 Å². The molecule has 1 aliphatic heterocycles. The van der Waals surface area contributed by atoms with Crippen LogP contribution in [0.15, 0.2) is 11.2 Å². The van der Waals surface area contributed by atoms with Gasteiger partial charge in [-0.15, -0.1) is 0 Å². The molecule has 0 aliphatic carbocycles. The lowest BCUT2D eigenvalue weighted by molar-refractivity contribution is 0.212. The lowest BCUT2D eigenvalue weighted by Gasteiger charge is -2.34. The first-order valence-electron chi connectivity index (χ1n) is 7.70. The Morgan fingerprint density at radius 3 is 2.86 bits per heavy atom. The van der Waals surface area contributed by atoms with Gasteiger partial charge in [0, 0.05) is 25.2 Å². The Morgan fingerprint density at radius 2 is 2.19 bits per heavy atom. The third kappa shape index (κ3) is 3.64. The van der Waals surface area contributed by atoms with Crippen LogP contribution in [0.2, 0.25) is 0 Å². The second-order valence-corrected chi connectivity index (χ2v) is 7.88. The Morgan fingerprint density at radius 1 is 1.43 bits per heavy atom. The van der Waals surface area contributed by atoms with E-state index in [1.165, 1.54) is 0 Å². The zero-order valence-corrected chi connectivity index (χ0v) is 13.9. The predicted octanol–water partition coefficient (Wildman–Crippen LogP) is 1.58. The van der Waals surface area contributed by atoms with E-state index in [2.05, 4.69) is 36.3 Å². The van der Waals surface area contributed by atoms with E-state index < -0.39 is 10.0 Å². The maximum Gasteiger partial charge on any atom is 0.260 e. The van der Waals surface area contributed by atoms with Gasteiger partial charge in [0.05, 0.1) is 6.20 Å². The average Bonchev–Trinajstić information content (AvgIpc) is 2.91. The molecule has 0 spiro atoms. The maximum absolute atomic E-state index is 12.8. The smallest absolute Gasteiger partial charge is 0.260 e. The molecule has 0 amide bonds. The van der Waals surface area contributed by atoms with Gasteiger partial charge in [-0.2, -0.15) is 9.40 Å². The second-order valence-electron chi connectivity index (χ2n) is 6.01. The van der Waals surface area contributed by atoms with Crippen molar-refractivity contribution < 1.29 is 8.42 Å². The van der Waals surface area contributed by atoms with Crippen molar-refractivity contribution in [2.75, 3.05) is 19.6 Å². The number of aromatic nitrogens is 2. The molecule has 0 radical (unpaired) electrons. The van der Waals surface area contributed by atoms with Gasteiger partial charge in [0.15, 0.2) is 5.03 Å². The van der Waals surface area contributed by atoms with E-state index in [1.54, 1.807) is 10.5 Å². The highest BCUT2D eigenvalue weighted by Crippen LogP contribution is 2.27. The lowest BCUT2D eigenvalue weighted by Crippen LogP contribution is -2.42. The Hall–Kier alpha value is -0.920. The number of nitrogens with one attached hydrogen (secondary N) is 2. The van der Waals surface area contributed by atoms with E-state index in [1.807, 2.05) is 0 Å². The van der Waals surface area contributed by atoms with Crippen molar-refractivity contribution >= 4 is 10.0 Å². The highest BCUT2D eigenvalue weighted by molar-refractivity contribution is 7.89. The Labute approximate surface area is 127 Å². The number of rotatable bonds is 6. The van der Waals surface area contributed by atoms with Gasteiger partial charge in [0.1, 0.15) is 0 Å². The first-order valence-corrected chi connectivity index (χ1v) is 9.14.